The Hall–Kier alpha value is -3.54. The average Bonchev–Trinajstić information content (AvgIpc) is 3.29. The summed E-state index contributed by atoms with van der Waals surface area (Å²) in [6.45, 7) is 15.9. The van der Waals surface area contributed by atoms with Crippen LogP contribution in [0.2, 0.25) is 19.6 Å². The Kier molecular flexibility index (Phi) is 7.08. The highest BCUT2D eigenvalue weighted by molar-refractivity contribution is 6.90. The summed E-state index contributed by atoms with van der Waals surface area (Å²) in [5.41, 5.74) is 8.97. The molecule has 200 valence electrons. The van der Waals surface area contributed by atoms with Gasteiger partial charge in [-0.15, -0.1) is 0 Å². The molecule has 0 fully saturated rings. The summed E-state index contributed by atoms with van der Waals surface area (Å²) < 4.78 is 0. The minimum atomic E-state index is -1.65. The number of nitrogens with one attached hydrogen (secondary N) is 1. The van der Waals surface area contributed by atoms with Crippen molar-refractivity contribution in [2.75, 3.05) is 0 Å². The zero-order valence-electron chi connectivity index (χ0n) is 24.1. The predicted octanol–water partition coefficient (Wildman–Crippen LogP) is 7.45. The van der Waals surface area contributed by atoms with E-state index >= 15 is 0 Å². The number of aliphatic hydroxyl groups is 1. The van der Waals surface area contributed by atoms with Gasteiger partial charge in [-0.3, -0.25) is 4.98 Å². The fourth-order valence-electron chi connectivity index (χ4n) is 5.79. The van der Waals surface area contributed by atoms with Crippen LogP contribution in [0.5, 0.6) is 0 Å². The van der Waals surface area contributed by atoms with Crippen molar-refractivity contribution in [2.45, 2.75) is 65.3 Å². The topological polar surface area (TPSA) is 61.8 Å². The molecule has 2 N–H and O–H groups in total. The zero-order valence-corrected chi connectivity index (χ0v) is 25.1. The third-order valence-electron chi connectivity index (χ3n) is 8.03. The van der Waals surface area contributed by atoms with E-state index in [-0.39, 0.29) is 5.41 Å². The Bertz CT molecular complexity index is 1620. The van der Waals surface area contributed by atoms with Crippen LogP contribution in [0.15, 0.2) is 79.0 Å². The molecule has 5 heteroatoms. The summed E-state index contributed by atoms with van der Waals surface area (Å²) in [7, 11) is -1.65. The van der Waals surface area contributed by atoms with Gasteiger partial charge in [-0.2, -0.15) is 0 Å². The van der Waals surface area contributed by atoms with Gasteiger partial charge in [-0.05, 0) is 67.5 Å². The van der Waals surface area contributed by atoms with Gasteiger partial charge in [-0.25, -0.2) is 4.98 Å². The maximum Gasteiger partial charge on any atom is 0.106 e. The van der Waals surface area contributed by atoms with Crippen LogP contribution in [0.1, 0.15) is 60.5 Å². The highest BCUT2D eigenvalue weighted by Gasteiger charge is 2.31. The summed E-state index contributed by atoms with van der Waals surface area (Å²) in [6.07, 6.45) is 2.03. The average molecular weight is 534 g/mol. The van der Waals surface area contributed by atoms with E-state index in [0.29, 0.717) is 0 Å². The quantitative estimate of drug-likeness (QED) is 0.214. The van der Waals surface area contributed by atoms with Crippen molar-refractivity contribution in [2.24, 2.45) is 0 Å². The molecule has 5 rings (SSSR count). The third kappa shape index (κ3) is 4.86. The Morgan fingerprint density at radius 2 is 1.64 bits per heavy atom. The highest BCUT2D eigenvalue weighted by atomic mass is 28.3. The Balaban J connectivity index is 1.72. The van der Waals surface area contributed by atoms with Gasteiger partial charge < -0.3 is 10.1 Å². The zero-order chi connectivity index (χ0) is 27.9. The molecular formula is C34H39N3OSi. The van der Waals surface area contributed by atoms with Gasteiger partial charge in [-0.1, -0.05) is 86.3 Å². The molecule has 3 heterocycles. The van der Waals surface area contributed by atoms with Crippen LogP contribution in [0.3, 0.4) is 0 Å². The first kappa shape index (κ1) is 27.0. The van der Waals surface area contributed by atoms with Gasteiger partial charge in [0.05, 0.1) is 30.7 Å². The van der Waals surface area contributed by atoms with Crippen LogP contribution in [0.4, 0.5) is 0 Å². The first-order chi connectivity index (χ1) is 18.5. The van der Waals surface area contributed by atoms with Crippen LogP contribution in [-0.4, -0.2) is 28.1 Å². The molecule has 0 aliphatic rings. The number of H-pyrrole nitrogens is 1. The van der Waals surface area contributed by atoms with Gasteiger partial charge >= 0.3 is 0 Å². The number of aromatic nitrogens is 3. The fraction of sp³-hybridized carbons (Fsp3) is 0.294. The van der Waals surface area contributed by atoms with Crippen LogP contribution in [-0.2, 0) is 11.8 Å². The third-order valence-corrected chi connectivity index (χ3v) is 10.1. The highest BCUT2D eigenvalue weighted by Crippen LogP contribution is 2.38. The second-order valence-electron chi connectivity index (χ2n) is 12.0. The smallest absolute Gasteiger partial charge is 0.106 e. The van der Waals surface area contributed by atoms with Crippen molar-refractivity contribution in [3.63, 3.8) is 0 Å². The maximum atomic E-state index is 11.5. The van der Waals surface area contributed by atoms with Crippen molar-refractivity contribution in [1.29, 1.82) is 0 Å². The summed E-state index contributed by atoms with van der Waals surface area (Å²) in [5, 5.41) is 14.0. The molecule has 0 aliphatic heterocycles. The molecule has 1 unspecified atom stereocenters. The minimum absolute atomic E-state index is 0.286. The molecule has 2 aromatic carbocycles. The molecule has 39 heavy (non-hydrogen) atoms. The monoisotopic (exact) mass is 533 g/mol. The van der Waals surface area contributed by atoms with Gasteiger partial charge in [0.25, 0.3) is 0 Å². The minimum Gasteiger partial charge on any atom is -0.384 e. The van der Waals surface area contributed by atoms with Crippen molar-refractivity contribution in [1.82, 2.24) is 15.0 Å². The Labute approximate surface area is 233 Å². The second-order valence-corrected chi connectivity index (χ2v) is 17.1. The molecule has 0 amide bonds. The summed E-state index contributed by atoms with van der Waals surface area (Å²) >= 11 is 0. The van der Waals surface area contributed by atoms with Crippen LogP contribution >= 0.6 is 0 Å². The molecule has 5 aromatic rings. The van der Waals surface area contributed by atoms with Crippen molar-refractivity contribution in [3.05, 3.63) is 113 Å². The number of fused-ring (bicyclic) bond motifs is 1. The normalized spacial score (nSPS) is 13.1. The van der Waals surface area contributed by atoms with E-state index in [4.69, 9.17) is 4.98 Å². The lowest BCUT2D eigenvalue weighted by molar-refractivity contribution is 0.221. The molecular weight excluding hydrogens is 494 g/mol. The number of nitrogens with zero attached hydrogens (tertiary/aromatic N) is 2. The first-order valence-corrected chi connectivity index (χ1v) is 17.3. The number of pyridine rings is 2. The molecule has 0 saturated heterocycles. The van der Waals surface area contributed by atoms with Crippen molar-refractivity contribution >= 4 is 24.2 Å². The van der Waals surface area contributed by atoms with Gasteiger partial charge in [0.15, 0.2) is 0 Å². The fourth-order valence-corrected chi connectivity index (χ4v) is 7.38. The molecule has 0 bridgehead atoms. The Morgan fingerprint density at radius 3 is 2.28 bits per heavy atom. The van der Waals surface area contributed by atoms with Crippen molar-refractivity contribution < 1.29 is 5.11 Å². The van der Waals surface area contributed by atoms with E-state index in [1.807, 2.05) is 48.7 Å². The van der Waals surface area contributed by atoms with Crippen LogP contribution < -0.4 is 5.19 Å². The van der Waals surface area contributed by atoms with E-state index in [9.17, 15) is 5.11 Å². The molecule has 3 aromatic heterocycles. The molecule has 1 atom stereocenters. The lowest BCUT2D eigenvalue weighted by atomic mass is 9.82. The summed E-state index contributed by atoms with van der Waals surface area (Å²) in [6, 6.07) is 24.6. The SMILES string of the molecule is CCc1c(C(C)(C)c2ccccn2)[nH]c(-c2ccc3c([Si](C)(C)C)ccc(C(O)c4ccccc4)c3n2)c1C. The number of hydrogen-bond donors (Lipinski definition) is 2. The number of aliphatic hydroxyl groups excluding tert-OH is 1. The van der Waals surface area contributed by atoms with E-state index < -0.39 is 14.2 Å². The lowest BCUT2D eigenvalue weighted by Crippen LogP contribution is -2.38. The number of benzene rings is 2. The van der Waals surface area contributed by atoms with Gasteiger partial charge in [0.1, 0.15) is 6.10 Å². The first-order valence-electron chi connectivity index (χ1n) is 13.8. The Morgan fingerprint density at radius 1 is 0.923 bits per heavy atom. The molecule has 4 nitrogen and oxygen atoms in total. The molecule has 0 spiro atoms. The molecule has 0 aliphatic carbocycles. The maximum absolute atomic E-state index is 11.5. The van der Waals surface area contributed by atoms with Gasteiger partial charge in [0.2, 0.25) is 0 Å². The summed E-state index contributed by atoms with van der Waals surface area (Å²) in [4.78, 5) is 13.8. The second kappa shape index (κ2) is 10.2. The van der Waals surface area contributed by atoms with Crippen LogP contribution in [0.25, 0.3) is 22.3 Å². The largest absolute Gasteiger partial charge is 0.384 e. The predicted molar refractivity (Wildman–Crippen MR) is 165 cm³/mol. The van der Waals surface area contributed by atoms with E-state index in [1.54, 1.807) is 0 Å². The lowest BCUT2D eigenvalue weighted by Gasteiger charge is -2.25. The van der Waals surface area contributed by atoms with E-state index in [2.05, 4.69) is 87.6 Å². The van der Waals surface area contributed by atoms with Gasteiger partial charge in [0, 0.05) is 22.9 Å². The number of rotatable bonds is 7. The van der Waals surface area contributed by atoms with Crippen molar-refractivity contribution in [3.8, 4) is 11.4 Å². The van der Waals surface area contributed by atoms with Crippen LogP contribution in [0, 0.1) is 6.92 Å². The number of aromatic amines is 1. The molecule has 0 saturated carbocycles. The van der Waals surface area contributed by atoms with E-state index in [1.165, 1.54) is 22.0 Å². The summed E-state index contributed by atoms with van der Waals surface area (Å²) in [5.74, 6) is 0. The van der Waals surface area contributed by atoms with E-state index in [0.717, 1.165) is 45.5 Å². The standard InChI is InChI=1S/C34H39N3OSi/c1-8-24-22(2)30(37-33(24)34(3,4)29-16-12-13-21-35-29)27-19-17-25-28(39(5,6)7)20-18-26(31(25)36-27)32(38)23-14-10-9-11-15-23/h9-21,32,37-38H,8H2,1-7H3. The molecule has 0 radical (unpaired) electrons. The number of hydrogen-bond acceptors (Lipinski definition) is 3.